The Bertz CT molecular complexity index is 1160. The first-order chi connectivity index (χ1) is 14.6. The third-order valence-corrected chi connectivity index (χ3v) is 4.55. The highest BCUT2D eigenvalue weighted by Gasteiger charge is 2.10. The summed E-state index contributed by atoms with van der Waals surface area (Å²) in [7, 11) is 0. The van der Waals surface area contributed by atoms with Gasteiger partial charge < -0.3 is 15.1 Å². The number of benzene rings is 2. The number of halogens is 1. The van der Waals surface area contributed by atoms with Crippen LogP contribution in [-0.4, -0.2) is 22.3 Å². The van der Waals surface area contributed by atoms with Crippen LogP contribution >= 0.6 is 0 Å². The Morgan fingerprint density at radius 3 is 2.70 bits per heavy atom. The van der Waals surface area contributed by atoms with E-state index in [9.17, 15) is 9.18 Å². The van der Waals surface area contributed by atoms with Crippen molar-refractivity contribution in [2.24, 2.45) is 0 Å². The lowest BCUT2D eigenvalue weighted by Gasteiger charge is -2.11. The van der Waals surface area contributed by atoms with Gasteiger partial charge in [-0.25, -0.2) is 9.37 Å². The van der Waals surface area contributed by atoms with Crippen molar-refractivity contribution in [1.82, 2.24) is 9.97 Å². The summed E-state index contributed by atoms with van der Waals surface area (Å²) < 4.78 is 18.8. The van der Waals surface area contributed by atoms with Crippen molar-refractivity contribution in [3.8, 4) is 11.3 Å². The average Bonchev–Trinajstić information content (AvgIpc) is 3.24. The molecule has 7 heteroatoms. The van der Waals surface area contributed by atoms with Gasteiger partial charge in [-0.2, -0.15) is 0 Å². The first-order valence-corrected chi connectivity index (χ1v) is 9.35. The summed E-state index contributed by atoms with van der Waals surface area (Å²) in [4.78, 5) is 20.6. The van der Waals surface area contributed by atoms with Crippen LogP contribution in [0.2, 0.25) is 0 Å². The molecule has 0 fully saturated rings. The highest BCUT2D eigenvalue weighted by molar-refractivity contribution is 5.99. The van der Waals surface area contributed by atoms with Gasteiger partial charge in [0, 0.05) is 34.9 Å². The molecular weight excluding hydrogens is 383 g/mol. The van der Waals surface area contributed by atoms with E-state index in [4.69, 9.17) is 4.42 Å². The lowest BCUT2D eigenvalue weighted by Crippen LogP contribution is -2.14. The maximum absolute atomic E-state index is 13.0. The number of nitrogens with zero attached hydrogens (tertiary/aromatic N) is 2. The predicted molar refractivity (Wildman–Crippen MR) is 113 cm³/mol. The number of nitrogens with one attached hydrogen (secondary N) is 2. The molecule has 30 heavy (non-hydrogen) atoms. The molecule has 2 aromatic heterocycles. The van der Waals surface area contributed by atoms with Gasteiger partial charge in [0.05, 0.1) is 12.7 Å². The Kier molecular flexibility index (Phi) is 5.52. The zero-order chi connectivity index (χ0) is 20.9. The monoisotopic (exact) mass is 402 g/mol. The van der Waals surface area contributed by atoms with Gasteiger partial charge in [-0.3, -0.25) is 9.78 Å². The molecule has 0 spiro atoms. The molecular formula is C23H19FN4O2. The molecule has 4 rings (SSSR count). The quantitative estimate of drug-likeness (QED) is 0.413. The van der Waals surface area contributed by atoms with E-state index in [0.717, 1.165) is 22.5 Å². The molecule has 6 nitrogen and oxygen atoms in total. The number of carbonyl (C=O) groups excluding carboxylic acids is 1. The standard InChI is InChI=1S/C23H19FN4O2/c1-15-4-9-19(26-13-21(29)16-5-7-18(24)8-6-16)11-20(15)28-23-27-14-22(30-23)17-3-2-10-25-12-17/h2-12,14,26H,13H2,1H3,(H,27,28). The van der Waals surface area contributed by atoms with Gasteiger partial charge in [0.15, 0.2) is 11.5 Å². The van der Waals surface area contributed by atoms with Crippen molar-refractivity contribution in [2.75, 3.05) is 17.2 Å². The van der Waals surface area contributed by atoms with Gasteiger partial charge in [0.25, 0.3) is 6.01 Å². The smallest absolute Gasteiger partial charge is 0.299 e. The zero-order valence-electron chi connectivity index (χ0n) is 16.2. The van der Waals surface area contributed by atoms with E-state index in [2.05, 4.69) is 20.6 Å². The van der Waals surface area contributed by atoms with Crippen LogP contribution in [-0.2, 0) is 0 Å². The highest BCUT2D eigenvalue weighted by Crippen LogP contribution is 2.27. The summed E-state index contributed by atoms with van der Waals surface area (Å²) in [6.07, 6.45) is 5.04. The van der Waals surface area contributed by atoms with Crippen molar-refractivity contribution in [2.45, 2.75) is 6.92 Å². The summed E-state index contributed by atoms with van der Waals surface area (Å²) in [5.41, 5.74) is 3.85. The zero-order valence-corrected chi connectivity index (χ0v) is 16.2. The number of pyridine rings is 1. The molecule has 0 saturated heterocycles. The summed E-state index contributed by atoms with van der Waals surface area (Å²) in [5, 5.41) is 6.26. The van der Waals surface area contributed by atoms with E-state index in [1.165, 1.54) is 24.3 Å². The Morgan fingerprint density at radius 2 is 1.93 bits per heavy atom. The Hall–Kier alpha value is -4.00. The van der Waals surface area contributed by atoms with Gasteiger partial charge in [0.1, 0.15) is 5.82 Å². The molecule has 0 atom stereocenters. The second-order valence-corrected chi connectivity index (χ2v) is 6.71. The van der Waals surface area contributed by atoms with Crippen molar-refractivity contribution >= 4 is 23.2 Å². The fraction of sp³-hybridized carbons (Fsp3) is 0.0870. The molecule has 150 valence electrons. The van der Waals surface area contributed by atoms with Crippen LogP contribution in [0.15, 0.2) is 77.6 Å². The van der Waals surface area contributed by atoms with E-state index in [1.807, 2.05) is 37.3 Å². The van der Waals surface area contributed by atoms with Gasteiger partial charge in [-0.05, 0) is 61.0 Å². The first-order valence-electron chi connectivity index (χ1n) is 9.35. The number of oxazole rings is 1. The second kappa shape index (κ2) is 8.57. The molecule has 0 radical (unpaired) electrons. The molecule has 2 aromatic carbocycles. The molecule has 0 aliphatic rings. The maximum Gasteiger partial charge on any atom is 0.299 e. The number of hydrogen-bond acceptors (Lipinski definition) is 6. The number of carbonyl (C=O) groups is 1. The Balaban J connectivity index is 1.44. The molecule has 4 aromatic rings. The minimum absolute atomic E-state index is 0.0955. The van der Waals surface area contributed by atoms with Crippen LogP contribution < -0.4 is 10.6 Å². The van der Waals surface area contributed by atoms with Crippen LogP contribution in [0.5, 0.6) is 0 Å². The fourth-order valence-corrected chi connectivity index (χ4v) is 2.88. The molecule has 0 bridgehead atoms. The van der Waals surface area contributed by atoms with E-state index < -0.39 is 0 Å². The van der Waals surface area contributed by atoms with Crippen LogP contribution in [0.4, 0.5) is 21.8 Å². The fourth-order valence-electron chi connectivity index (χ4n) is 2.88. The van der Waals surface area contributed by atoms with Crippen molar-refractivity contribution in [1.29, 1.82) is 0 Å². The molecule has 0 amide bonds. The molecule has 0 saturated carbocycles. The largest absolute Gasteiger partial charge is 0.423 e. The third kappa shape index (κ3) is 4.52. The summed E-state index contributed by atoms with van der Waals surface area (Å²) in [6.45, 7) is 2.05. The lowest BCUT2D eigenvalue weighted by atomic mass is 10.1. The van der Waals surface area contributed by atoms with E-state index >= 15 is 0 Å². The minimum atomic E-state index is -0.369. The number of hydrogen-bond donors (Lipinski definition) is 2. The van der Waals surface area contributed by atoms with Crippen molar-refractivity contribution < 1.29 is 13.6 Å². The Morgan fingerprint density at radius 1 is 1.10 bits per heavy atom. The van der Waals surface area contributed by atoms with Crippen molar-refractivity contribution in [3.05, 3.63) is 90.1 Å². The predicted octanol–water partition coefficient (Wildman–Crippen LogP) is 5.22. The van der Waals surface area contributed by atoms with E-state index in [-0.39, 0.29) is 18.1 Å². The Labute approximate surface area is 172 Å². The summed E-state index contributed by atoms with van der Waals surface area (Å²) in [5.74, 6) is 0.119. The minimum Gasteiger partial charge on any atom is -0.423 e. The number of anilines is 3. The van der Waals surface area contributed by atoms with Gasteiger partial charge >= 0.3 is 0 Å². The number of aryl methyl sites for hydroxylation is 1. The van der Waals surface area contributed by atoms with Gasteiger partial charge in [-0.1, -0.05) is 6.07 Å². The molecule has 0 aliphatic heterocycles. The lowest BCUT2D eigenvalue weighted by molar-refractivity contribution is 0.101. The third-order valence-electron chi connectivity index (χ3n) is 4.55. The summed E-state index contributed by atoms with van der Waals surface area (Å²) >= 11 is 0. The second-order valence-electron chi connectivity index (χ2n) is 6.71. The van der Waals surface area contributed by atoms with Crippen LogP contribution in [0.3, 0.4) is 0 Å². The average molecular weight is 402 g/mol. The topological polar surface area (TPSA) is 80.0 Å². The SMILES string of the molecule is Cc1ccc(NCC(=O)c2ccc(F)cc2)cc1Nc1ncc(-c2cccnc2)o1. The summed E-state index contributed by atoms with van der Waals surface area (Å²) in [6, 6.07) is 15.3. The maximum atomic E-state index is 13.0. The number of ketones is 1. The number of Topliss-reactive ketones (excluding diaryl/α,β-unsaturated/α-hetero) is 1. The van der Waals surface area contributed by atoms with Gasteiger partial charge in [-0.15, -0.1) is 0 Å². The molecule has 0 aliphatic carbocycles. The number of aromatic nitrogens is 2. The van der Waals surface area contributed by atoms with Gasteiger partial charge in [0.2, 0.25) is 0 Å². The van der Waals surface area contributed by atoms with Crippen LogP contribution in [0, 0.1) is 12.7 Å². The van der Waals surface area contributed by atoms with Crippen molar-refractivity contribution in [3.63, 3.8) is 0 Å². The molecule has 2 N–H and O–H groups in total. The molecule has 0 unspecified atom stereocenters. The molecule has 2 heterocycles. The van der Waals surface area contributed by atoms with E-state index in [0.29, 0.717) is 17.3 Å². The highest BCUT2D eigenvalue weighted by atomic mass is 19.1. The van der Waals surface area contributed by atoms with Crippen LogP contribution in [0.25, 0.3) is 11.3 Å². The normalized spacial score (nSPS) is 10.6. The number of rotatable bonds is 7. The first kappa shape index (κ1) is 19.3. The van der Waals surface area contributed by atoms with E-state index in [1.54, 1.807) is 18.6 Å². The van der Waals surface area contributed by atoms with Crippen LogP contribution in [0.1, 0.15) is 15.9 Å².